The van der Waals surface area contributed by atoms with Gasteiger partial charge in [0.05, 0.1) is 4.92 Å². The van der Waals surface area contributed by atoms with Gasteiger partial charge in [-0.05, 0) is 19.4 Å². The summed E-state index contributed by atoms with van der Waals surface area (Å²) in [4.78, 5) is 47.9. The van der Waals surface area contributed by atoms with Crippen molar-refractivity contribution in [2.75, 3.05) is 5.75 Å². The fourth-order valence-corrected chi connectivity index (χ4v) is 4.40. The van der Waals surface area contributed by atoms with Crippen molar-refractivity contribution in [1.29, 1.82) is 0 Å². The number of hydrogen-bond donors (Lipinski definition) is 2. The van der Waals surface area contributed by atoms with E-state index in [0.717, 1.165) is 9.58 Å². The van der Waals surface area contributed by atoms with E-state index in [4.69, 9.17) is 0 Å². The third-order valence-corrected chi connectivity index (χ3v) is 5.66. The van der Waals surface area contributed by atoms with Crippen molar-refractivity contribution in [3.8, 4) is 0 Å². The molecule has 2 amide bonds. The third-order valence-electron chi connectivity index (χ3n) is 4.24. The molecule has 0 aromatic carbocycles. The molecule has 2 N–H and O–H groups in total. The fraction of sp³-hybridized carbons (Fsp3) is 0.429. The second-order valence-corrected chi connectivity index (χ2v) is 7.06. The number of aromatic nitrogens is 2. The van der Waals surface area contributed by atoms with Crippen LogP contribution >= 0.6 is 11.8 Å². The van der Waals surface area contributed by atoms with Crippen LogP contribution in [0.15, 0.2) is 11.3 Å². The SMILES string of the molecule is CC1=C(C(=O)O)N2C(=O)[C@@H](NC(=O)c3c([N+](=O)[O-])c(C)nn3C)[C@@H]2SC1. The first-order valence-electron chi connectivity index (χ1n) is 7.51. The summed E-state index contributed by atoms with van der Waals surface area (Å²) in [6.45, 7) is 3.04. The zero-order valence-corrected chi connectivity index (χ0v) is 14.9. The Morgan fingerprint density at radius 3 is 2.65 bits per heavy atom. The minimum Gasteiger partial charge on any atom is -0.477 e. The van der Waals surface area contributed by atoms with Gasteiger partial charge < -0.3 is 10.4 Å². The van der Waals surface area contributed by atoms with Crippen LogP contribution in [-0.2, 0) is 16.6 Å². The van der Waals surface area contributed by atoms with Crippen molar-refractivity contribution in [2.45, 2.75) is 25.3 Å². The number of fused-ring (bicyclic) bond motifs is 1. The number of aryl methyl sites for hydroxylation is 2. The van der Waals surface area contributed by atoms with Crippen LogP contribution in [0.2, 0.25) is 0 Å². The number of carboxylic acids is 1. The maximum absolute atomic E-state index is 12.5. The molecule has 1 aromatic heterocycles. The van der Waals surface area contributed by atoms with E-state index in [1.54, 1.807) is 6.92 Å². The number of nitrogens with one attached hydrogen (secondary N) is 1. The summed E-state index contributed by atoms with van der Waals surface area (Å²) < 4.78 is 1.09. The average molecular weight is 381 g/mol. The zero-order chi connectivity index (χ0) is 19.3. The molecule has 0 unspecified atom stereocenters. The minimum absolute atomic E-state index is 0.0772. The van der Waals surface area contributed by atoms with E-state index in [9.17, 15) is 29.6 Å². The molecule has 1 fully saturated rings. The zero-order valence-electron chi connectivity index (χ0n) is 14.0. The van der Waals surface area contributed by atoms with Crippen molar-refractivity contribution >= 4 is 35.2 Å². The van der Waals surface area contributed by atoms with Crippen molar-refractivity contribution in [2.24, 2.45) is 7.05 Å². The lowest BCUT2D eigenvalue weighted by Crippen LogP contribution is -2.70. The Balaban J connectivity index is 1.85. The lowest BCUT2D eigenvalue weighted by molar-refractivity contribution is -0.385. The first-order valence-corrected chi connectivity index (χ1v) is 8.56. The molecule has 2 atom stereocenters. The molecule has 3 heterocycles. The van der Waals surface area contributed by atoms with Gasteiger partial charge in [0.2, 0.25) is 5.69 Å². The number of nitro groups is 1. The molecule has 11 nitrogen and oxygen atoms in total. The summed E-state index contributed by atoms with van der Waals surface area (Å²) >= 11 is 1.32. The normalized spacial score (nSPS) is 22.0. The molecule has 26 heavy (non-hydrogen) atoms. The average Bonchev–Trinajstić information content (AvgIpc) is 2.86. The molecule has 0 saturated carbocycles. The number of amides is 2. The first-order chi connectivity index (χ1) is 12.1. The van der Waals surface area contributed by atoms with Crippen LogP contribution in [-0.4, -0.2) is 59.7 Å². The quantitative estimate of drug-likeness (QED) is 0.421. The summed E-state index contributed by atoms with van der Waals surface area (Å²) in [5.74, 6) is -2.16. The van der Waals surface area contributed by atoms with E-state index in [2.05, 4.69) is 10.4 Å². The molecule has 12 heteroatoms. The predicted octanol–water partition coefficient (Wildman–Crippen LogP) is 0.00882. The van der Waals surface area contributed by atoms with Gasteiger partial charge in [-0.25, -0.2) is 4.79 Å². The largest absolute Gasteiger partial charge is 0.477 e. The second kappa shape index (κ2) is 6.12. The highest BCUT2D eigenvalue weighted by Crippen LogP contribution is 2.40. The molecule has 3 rings (SSSR count). The minimum atomic E-state index is -1.20. The molecule has 2 aliphatic rings. The van der Waals surface area contributed by atoms with Gasteiger partial charge in [0.25, 0.3) is 11.8 Å². The number of rotatable bonds is 4. The summed E-state index contributed by atoms with van der Waals surface area (Å²) in [6, 6.07) is -0.954. The Labute approximate surface area is 151 Å². The number of hydrogen-bond acceptors (Lipinski definition) is 7. The maximum atomic E-state index is 12.5. The van der Waals surface area contributed by atoms with Gasteiger partial charge in [0.15, 0.2) is 0 Å². The molecule has 1 saturated heterocycles. The van der Waals surface area contributed by atoms with Crippen LogP contribution < -0.4 is 5.32 Å². The van der Waals surface area contributed by atoms with E-state index < -0.39 is 39.8 Å². The van der Waals surface area contributed by atoms with Gasteiger partial charge in [0, 0.05) is 12.8 Å². The number of thioether (sulfide) groups is 1. The second-order valence-electron chi connectivity index (χ2n) is 5.96. The number of nitrogens with zero attached hydrogens (tertiary/aromatic N) is 4. The Morgan fingerprint density at radius 2 is 2.08 bits per heavy atom. The highest BCUT2D eigenvalue weighted by molar-refractivity contribution is 8.00. The van der Waals surface area contributed by atoms with E-state index in [0.29, 0.717) is 11.3 Å². The molecular weight excluding hydrogens is 366 g/mol. The van der Waals surface area contributed by atoms with Crippen LogP contribution in [0.1, 0.15) is 23.1 Å². The molecule has 0 spiro atoms. The summed E-state index contributed by atoms with van der Waals surface area (Å²) in [7, 11) is 1.40. The smallest absolute Gasteiger partial charge is 0.352 e. The molecule has 1 aromatic rings. The van der Waals surface area contributed by atoms with Gasteiger partial charge in [-0.2, -0.15) is 5.10 Å². The highest BCUT2D eigenvalue weighted by atomic mass is 32.2. The molecule has 138 valence electrons. The number of carboxylic acid groups (broad SMARTS) is 1. The van der Waals surface area contributed by atoms with Crippen molar-refractivity contribution in [3.05, 3.63) is 32.8 Å². The van der Waals surface area contributed by atoms with Crippen molar-refractivity contribution in [3.63, 3.8) is 0 Å². The Bertz CT molecular complexity index is 891. The number of carbonyl (C=O) groups excluding carboxylic acids is 2. The van der Waals surface area contributed by atoms with E-state index in [1.165, 1.54) is 25.7 Å². The lowest BCUT2D eigenvalue weighted by Gasteiger charge is -2.49. The lowest BCUT2D eigenvalue weighted by atomic mass is 10.0. The van der Waals surface area contributed by atoms with E-state index in [-0.39, 0.29) is 17.1 Å². The number of aliphatic carboxylic acids is 1. The Hall–Kier alpha value is -2.89. The monoisotopic (exact) mass is 381 g/mol. The standard InChI is InChI=1S/C14H15N5O6S/c1-5-4-26-13-7(12(21)18(13)8(5)14(22)23)15-11(20)10-9(19(24)25)6(2)16-17(10)3/h7,13H,4H2,1-3H3,(H,15,20)(H,22,23)/t7-,13+/m1/s1. The summed E-state index contributed by atoms with van der Waals surface area (Å²) in [6.07, 6.45) is 0. The molecular formula is C14H15N5O6S. The predicted molar refractivity (Wildman–Crippen MR) is 89.3 cm³/mol. The van der Waals surface area contributed by atoms with Crippen molar-refractivity contribution in [1.82, 2.24) is 20.0 Å². The van der Waals surface area contributed by atoms with Crippen LogP contribution in [0.4, 0.5) is 5.69 Å². The van der Waals surface area contributed by atoms with Crippen LogP contribution in [0.25, 0.3) is 0 Å². The Kier molecular flexibility index (Phi) is 4.22. The van der Waals surface area contributed by atoms with Gasteiger partial charge in [-0.1, -0.05) is 0 Å². The summed E-state index contributed by atoms with van der Waals surface area (Å²) in [5.41, 5.74) is -0.110. The summed E-state index contributed by atoms with van der Waals surface area (Å²) in [5, 5.41) is 26.3. The van der Waals surface area contributed by atoms with Gasteiger partial charge >= 0.3 is 11.7 Å². The maximum Gasteiger partial charge on any atom is 0.352 e. The highest BCUT2D eigenvalue weighted by Gasteiger charge is 2.54. The van der Waals surface area contributed by atoms with Gasteiger partial charge in [-0.15, -0.1) is 11.8 Å². The molecule has 0 aliphatic carbocycles. The number of carbonyl (C=O) groups is 3. The molecule has 0 radical (unpaired) electrons. The van der Waals surface area contributed by atoms with Crippen LogP contribution in [0.5, 0.6) is 0 Å². The fourth-order valence-electron chi connectivity index (χ4n) is 3.10. The van der Waals surface area contributed by atoms with E-state index >= 15 is 0 Å². The van der Waals surface area contributed by atoms with E-state index in [1.807, 2.05) is 0 Å². The third kappa shape index (κ3) is 2.53. The van der Waals surface area contributed by atoms with Crippen LogP contribution in [0.3, 0.4) is 0 Å². The van der Waals surface area contributed by atoms with Gasteiger partial charge in [-0.3, -0.25) is 29.3 Å². The van der Waals surface area contributed by atoms with Gasteiger partial charge in [0.1, 0.15) is 22.8 Å². The molecule has 0 bridgehead atoms. The number of β-lactam (4-membered cyclic amide) rings is 1. The first kappa shape index (κ1) is 17.9. The topological polar surface area (TPSA) is 148 Å². The van der Waals surface area contributed by atoms with Crippen molar-refractivity contribution < 1.29 is 24.4 Å². The molecule has 2 aliphatic heterocycles. The Morgan fingerprint density at radius 1 is 1.42 bits per heavy atom. The van der Waals surface area contributed by atoms with Crippen LogP contribution in [0, 0.1) is 17.0 Å².